The van der Waals surface area contributed by atoms with Crippen molar-refractivity contribution in [2.75, 3.05) is 0 Å². The molecule has 0 saturated heterocycles. The van der Waals surface area contributed by atoms with Gasteiger partial charge in [0.25, 0.3) is 0 Å². The van der Waals surface area contributed by atoms with Gasteiger partial charge in [0.05, 0.1) is 11.7 Å². The summed E-state index contributed by atoms with van der Waals surface area (Å²) >= 11 is 0. The molecule has 0 unspecified atom stereocenters. The molecule has 0 aliphatic carbocycles. The SMILES string of the molecule is O=C(O)c1cnn2ccc(CNC(=O)C(F)(F)F)cc12. The number of carbonyl (C=O) groups excluding carboxylic acids is 1. The van der Waals surface area contributed by atoms with Gasteiger partial charge in [0.1, 0.15) is 5.56 Å². The van der Waals surface area contributed by atoms with E-state index in [0.717, 1.165) is 6.20 Å². The molecule has 2 aromatic heterocycles. The molecule has 0 aliphatic rings. The second-order valence-corrected chi connectivity index (χ2v) is 3.91. The molecule has 1 amide bonds. The minimum Gasteiger partial charge on any atom is -0.478 e. The first-order valence-corrected chi connectivity index (χ1v) is 5.33. The summed E-state index contributed by atoms with van der Waals surface area (Å²) < 4.78 is 37.3. The monoisotopic (exact) mass is 287 g/mol. The van der Waals surface area contributed by atoms with Gasteiger partial charge >= 0.3 is 18.1 Å². The third-order valence-electron chi connectivity index (χ3n) is 2.53. The summed E-state index contributed by atoms with van der Waals surface area (Å²) in [5.74, 6) is -3.25. The second-order valence-electron chi connectivity index (χ2n) is 3.91. The molecular weight excluding hydrogens is 279 g/mol. The molecule has 20 heavy (non-hydrogen) atoms. The maximum atomic E-state index is 12.0. The predicted molar refractivity (Wildman–Crippen MR) is 60.1 cm³/mol. The Labute approximate surface area is 109 Å². The molecule has 2 N–H and O–H groups in total. The molecule has 0 bridgehead atoms. The van der Waals surface area contributed by atoms with Crippen LogP contribution in [0.15, 0.2) is 24.5 Å². The van der Waals surface area contributed by atoms with Crippen LogP contribution in [0, 0.1) is 0 Å². The minimum atomic E-state index is -4.95. The van der Waals surface area contributed by atoms with Crippen molar-refractivity contribution in [3.63, 3.8) is 0 Å². The number of fused-ring (bicyclic) bond motifs is 1. The first-order chi connectivity index (χ1) is 9.29. The molecule has 0 radical (unpaired) electrons. The zero-order chi connectivity index (χ0) is 14.9. The van der Waals surface area contributed by atoms with Crippen LogP contribution in [0.5, 0.6) is 0 Å². The number of hydrogen-bond donors (Lipinski definition) is 2. The number of nitrogens with zero attached hydrogens (tertiary/aromatic N) is 2. The lowest BCUT2D eigenvalue weighted by atomic mass is 10.2. The van der Waals surface area contributed by atoms with Gasteiger partial charge in [0.15, 0.2) is 0 Å². The predicted octanol–water partition coefficient (Wildman–Crippen LogP) is 1.21. The van der Waals surface area contributed by atoms with E-state index in [0.29, 0.717) is 5.56 Å². The quantitative estimate of drug-likeness (QED) is 0.888. The summed E-state index contributed by atoms with van der Waals surface area (Å²) in [7, 11) is 0. The smallest absolute Gasteiger partial charge is 0.471 e. The number of amides is 1. The fraction of sp³-hybridized carbons (Fsp3) is 0.182. The van der Waals surface area contributed by atoms with Crippen LogP contribution in [0.1, 0.15) is 15.9 Å². The normalized spacial score (nSPS) is 11.6. The maximum absolute atomic E-state index is 12.0. The number of hydrogen-bond acceptors (Lipinski definition) is 3. The highest BCUT2D eigenvalue weighted by molar-refractivity contribution is 5.95. The summed E-state index contributed by atoms with van der Waals surface area (Å²) in [6, 6.07) is 2.79. The van der Waals surface area contributed by atoms with Crippen LogP contribution in [-0.4, -0.2) is 32.8 Å². The second kappa shape index (κ2) is 4.83. The number of alkyl halides is 3. The van der Waals surface area contributed by atoms with E-state index in [2.05, 4.69) is 5.10 Å². The Morgan fingerprint density at radius 1 is 1.40 bits per heavy atom. The minimum absolute atomic E-state index is 0.0750. The third-order valence-corrected chi connectivity index (χ3v) is 2.53. The van der Waals surface area contributed by atoms with Gasteiger partial charge in [-0.2, -0.15) is 18.3 Å². The lowest BCUT2D eigenvalue weighted by molar-refractivity contribution is -0.173. The molecule has 0 aromatic carbocycles. The number of rotatable bonds is 3. The average molecular weight is 287 g/mol. The zero-order valence-electron chi connectivity index (χ0n) is 9.81. The molecular formula is C11H8F3N3O3. The largest absolute Gasteiger partial charge is 0.478 e. The fourth-order valence-electron chi connectivity index (χ4n) is 1.58. The Morgan fingerprint density at radius 2 is 2.10 bits per heavy atom. The van der Waals surface area contributed by atoms with Crippen LogP contribution >= 0.6 is 0 Å². The van der Waals surface area contributed by atoms with Gasteiger partial charge in [-0.3, -0.25) is 4.79 Å². The van der Waals surface area contributed by atoms with E-state index in [1.807, 2.05) is 0 Å². The first kappa shape index (κ1) is 13.8. The summed E-state index contributed by atoms with van der Waals surface area (Å²) in [6.07, 6.45) is -2.42. The summed E-state index contributed by atoms with van der Waals surface area (Å²) in [5, 5.41) is 14.4. The van der Waals surface area contributed by atoms with Gasteiger partial charge in [-0.1, -0.05) is 0 Å². The Balaban J connectivity index is 2.21. The number of carboxylic acid groups (broad SMARTS) is 1. The van der Waals surface area contributed by atoms with Gasteiger partial charge in [0.2, 0.25) is 0 Å². The Hall–Kier alpha value is -2.58. The highest BCUT2D eigenvalue weighted by Gasteiger charge is 2.38. The molecule has 6 nitrogen and oxygen atoms in total. The van der Waals surface area contributed by atoms with Gasteiger partial charge < -0.3 is 10.4 Å². The van der Waals surface area contributed by atoms with Gasteiger partial charge in [-0.25, -0.2) is 9.31 Å². The molecule has 106 valence electrons. The highest BCUT2D eigenvalue weighted by Crippen LogP contribution is 2.16. The van der Waals surface area contributed by atoms with Crippen LogP contribution in [0.25, 0.3) is 5.52 Å². The lowest BCUT2D eigenvalue weighted by Gasteiger charge is -2.08. The van der Waals surface area contributed by atoms with E-state index in [-0.39, 0.29) is 17.6 Å². The van der Waals surface area contributed by atoms with Crippen molar-refractivity contribution in [3.05, 3.63) is 35.7 Å². The molecule has 0 atom stereocenters. The Kier molecular flexibility index (Phi) is 3.35. The van der Waals surface area contributed by atoms with Gasteiger partial charge in [-0.05, 0) is 17.7 Å². The average Bonchev–Trinajstić information content (AvgIpc) is 2.77. The molecule has 9 heteroatoms. The molecule has 0 spiro atoms. The number of carboxylic acids is 1. The molecule has 2 rings (SSSR count). The lowest BCUT2D eigenvalue weighted by Crippen LogP contribution is -2.36. The summed E-state index contributed by atoms with van der Waals surface area (Å²) in [5.41, 5.74) is 0.489. The van der Waals surface area contributed by atoms with Crippen LogP contribution in [0.4, 0.5) is 13.2 Å². The van der Waals surface area contributed by atoms with Crippen molar-refractivity contribution in [1.82, 2.24) is 14.9 Å². The van der Waals surface area contributed by atoms with Crippen LogP contribution in [0.3, 0.4) is 0 Å². The van der Waals surface area contributed by atoms with Crippen molar-refractivity contribution in [3.8, 4) is 0 Å². The number of carbonyl (C=O) groups is 2. The summed E-state index contributed by atoms with van der Waals surface area (Å²) in [4.78, 5) is 21.6. The van der Waals surface area contributed by atoms with E-state index in [1.54, 1.807) is 5.32 Å². The van der Waals surface area contributed by atoms with Crippen molar-refractivity contribution in [1.29, 1.82) is 0 Å². The van der Waals surface area contributed by atoms with Crippen molar-refractivity contribution in [2.24, 2.45) is 0 Å². The Bertz CT molecular complexity index is 678. The number of pyridine rings is 1. The third kappa shape index (κ3) is 2.71. The molecule has 2 heterocycles. The highest BCUT2D eigenvalue weighted by atomic mass is 19.4. The van der Waals surface area contributed by atoms with E-state index < -0.39 is 18.1 Å². The Morgan fingerprint density at radius 3 is 2.70 bits per heavy atom. The number of aromatic carboxylic acids is 1. The number of halogens is 3. The van der Waals surface area contributed by atoms with Gasteiger partial charge in [0, 0.05) is 12.7 Å². The number of aromatic nitrogens is 2. The molecule has 0 saturated carbocycles. The van der Waals surface area contributed by atoms with Crippen LogP contribution < -0.4 is 5.32 Å². The van der Waals surface area contributed by atoms with Crippen LogP contribution in [0.2, 0.25) is 0 Å². The molecule has 0 fully saturated rings. The molecule has 2 aromatic rings. The van der Waals surface area contributed by atoms with E-state index in [1.165, 1.54) is 22.8 Å². The van der Waals surface area contributed by atoms with Crippen molar-refractivity contribution >= 4 is 17.4 Å². The zero-order valence-corrected chi connectivity index (χ0v) is 9.81. The first-order valence-electron chi connectivity index (χ1n) is 5.33. The maximum Gasteiger partial charge on any atom is 0.471 e. The topological polar surface area (TPSA) is 83.7 Å². The fourth-order valence-corrected chi connectivity index (χ4v) is 1.58. The van der Waals surface area contributed by atoms with Crippen molar-refractivity contribution in [2.45, 2.75) is 12.7 Å². The summed E-state index contributed by atoms with van der Waals surface area (Å²) in [6.45, 7) is -0.362. The van der Waals surface area contributed by atoms with Crippen LogP contribution in [-0.2, 0) is 11.3 Å². The molecule has 0 aliphatic heterocycles. The standard InChI is InChI=1S/C11H8F3N3O3/c12-11(13,14)10(20)15-4-6-1-2-17-8(3-6)7(5-16-17)9(18)19/h1-3,5H,4H2,(H,15,20)(H,18,19). The number of nitrogens with one attached hydrogen (secondary N) is 1. The van der Waals surface area contributed by atoms with Crippen molar-refractivity contribution < 1.29 is 27.9 Å². The van der Waals surface area contributed by atoms with E-state index in [4.69, 9.17) is 5.11 Å². The van der Waals surface area contributed by atoms with E-state index >= 15 is 0 Å². The van der Waals surface area contributed by atoms with E-state index in [9.17, 15) is 22.8 Å². The van der Waals surface area contributed by atoms with Gasteiger partial charge in [-0.15, -0.1) is 0 Å².